The van der Waals surface area contributed by atoms with Crippen LogP contribution in [0.1, 0.15) is 37.8 Å². The van der Waals surface area contributed by atoms with Crippen LogP contribution in [-0.2, 0) is 17.7 Å². The summed E-state index contributed by atoms with van der Waals surface area (Å²) in [6, 6.07) is 23.2. The van der Waals surface area contributed by atoms with E-state index in [1.54, 1.807) is 0 Å². The number of benzene rings is 3. The van der Waals surface area contributed by atoms with Crippen molar-refractivity contribution in [3.63, 3.8) is 0 Å². The predicted octanol–water partition coefficient (Wildman–Crippen LogP) is 6.04. The molecule has 0 amide bonds. The molecule has 4 aromatic rings. The molecule has 0 aliphatic rings. The number of hydrazine groups is 1. The second kappa shape index (κ2) is 9.06. The molecule has 1 atom stereocenters. The number of nitrogens with zero attached hydrogens (tertiary/aromatic N) is 1. The quantitative estimate of drug-likeness (QED) is 0.246. The topological polar surface area (TPSA) is 66.3 Å². The van der Waals surface area contributed by atoms with Crippen molar-refractivity contribution in [1.82, 2.24) is 9.40 Å². The van der Waals surface area contributed by atoms with Crippen molar-refractivity contribution in [2.45, 2.75) is 33.1 Å². The minimum Gasteiger partial charge on any atom is -0.316 e. The van der Waals surface area contributed by atoms with Gasteiger partial charge in [0.25, 0.3) is 0 Å². The first-order valence-electron chi connectivity index (χ1n) is 10.4. The monoisotopic (exact) mass is 433 g/mol. The van der Waals surface area contributed by atoms with Crippen molar-refractivity contribution in [2.75, 3.05) is 5.43 Å². The Morgan fingerprint density at radius 2 is 1.65 bits per heavy atom. The van der Waals surface area contributed by atoms with Crippen LogP contribution in [0.2, 0.25) is 0 Å². The molecule has 0 aliphatic carbocycles. The smallest absolute Gasteiger partial charge is 0.250 e. The molecule has 160 valence electrons. The Bertz CT molecular complexity index is 1210. The predicted molar refractivity (Wildman–Crippen MR) is 130 cm³/mol. The molecule has 31 heavy (non-hydrogen) atoms. The molecule has 1 unspecified atom stereocenters. The number of nitrogens with one attached hydrogen (secondary N) is 2. The molecule has 1 aromatic heterocycles. The molecule has 1 heterocycles. The minimum atomic E-state index is -2.12. The van der Waals surface area contributed by atoms with Crippen LogP contribution >= 0.6 is 0 Å². The minimum absolute atomic E-state index is 0.406. The van der Waals surface area contributed by atoms with Gasteiger partial charge in [-0.25, -0.2) is 4.21 Å². The summed E-state index contributed by atoms with van der Waals surface area (Å²) >= 11 is -2.12. The maximum atomic E-state index is 10.8. The number of aromatic nitrogens is 1. The van der Waals surface area contributed by atoms with Crippen molar-refractivity contribution in [3.8, 4) is 16.8 Å². The first-order chi connectivity index (χ1) is 15.0. The summed E-state index contributed by atoms with van der Waals surface area (Å²) in [4.78, 5) is 2.27. The van der Waals surface area contributed by atoms with Crippen LogP contribution in [0.3, 0.4) is 0 Å². The van der Waals surface area contributed by atoms with E-state index in [-0.39, 0.29) is 0 Å². The van der Waals surface area contributed by atoms with Crippen LogP contribution in [-0.4, -0.2) is 13.3 Å². The van der Waals surface area contributed by atoms with E-state index >= 15 is 0 Å². The highest BCUT2D eigenvalue weighted by Crippen LogP contribution is 2.33. The number of aryl methyl sites for hydroxylation is 1. The highest BCUT2D eigenvalue weighted by atomic mass is 32.2. The lowest BCUT2D eigenvalue weighted by atomic mass is 9.99. The van der Waals surface area contributed by atoms with E-state index in [1.807, 2.05) is 24.3 Å². The lowest BCUT2D eigenvalue weighted by molar-refractivity contribution is 0.555. The fourth-order valence-corrected chi connectivity index (χ4v) is 4.05. The third-order valence-corrected chi connectivity index (χ3v) is 5.86. The van der Waals surface area contributed by atoms with Gasteiger partial charge in [-0.15, -0.1) is 4.83 Å². The van der Waals surface area contributed by atoms with Gasteiger partial charge >= 0.3 is 0 Å². The molecule has 0 spiro atoms. The average molecular weight is 434 g/mol. The van der Waals surface area contributed by atoms with Gasteiger partial charge in [0.15, 0.2) is 0 Å². The molecule has 0 saturated heterocycles. The third-order valence-electron chi connectivity index (χ3n) is 5.58. The Morgan fingerprint density at radius 1 is 0.968 bits per heavy atom. The summed E-state index contributed by atoms with van der Waals surface area (Å²) in [5.41, 5.74) is 10.7. The highest BCUT2D eigenvalue weighted by molar-refractivity contribution is 7.77. The maximum absolute atomic E-state index is 10.8. The fourth-order valence-electron chi connectivity index (χ4n) is 3.85. The second-order valence-electron chi connectivity index (χ2n) is 7.91. The Hall–Kier alpha value is -2.93. The van der Waals surface area contributed by atoms with E-state index in [2.05, 4.69) is 84.3 Å². The van der Waals surface area contributed by atoms with Crippen molar-refractivity contribution in [2.24, 2.45) is 0 Å². The standard InChI is InChI=1S/C25H27N3O2S/c1-4-18-5-7-19(8-6-18)20-9-14-23-24(17(2)3)16-28(25(23)15-20)22-12-10-21(11-13-22)26-27-31(29)30/h5-17,26-27H,4H2,1-3H3,(H,29,30). The first kappa shape index (κ1) is 21.3. The van der Waals surface area contributed by atoms with Gasteiger partial charge in [-0.1, -0.05) is 57.2 Å². The van der Waals surface area contributed by atoms with E-state index in [0.29, 0.717) is 11.6 Å². The maximum Gasteiger partial charge on any atom is 0.250 e. The zero-order valence-corrected chi connectivity index (χ0v) is 18.7. The van der Waals surface area contributed by atoms with E-state index < -0.39 is 11.3 Å². The van der Waals surface area contributed by atoms with Gasteiger partial charge in [0.1, 0.15) is 0 Å². The molecule has 0 fully saturated rings. The molecule has 0 radical (unpaired) electrons. The van der Waals surface area contributed by atoms with Crippen molar-refractivity contribution in [3.05, 3.63) is 84.1 Å². The number of anilines is 1. The van der Waals surface area contributed by atoms with Gasteiger partial charge in [0.05, 0.1) is 5.52 Å². The average Bonchev–Trinajstić information content (AvgIpc) is 3.17. The number of fused-ring (bicyclic) bond motifs is 1. The summed E-state index contributed by atoms with van der Waals surface area (Å²) in [6.45, 7) is 6.59. The molecule has 0 aliphatic heterocycles. The number of hydrogen-bond acceptors (Lipinski definition) is 2. The zero-order valence-electron chi connectivity index (χ0n) is 17.9. The summed E-state index contributed by atoms with van der Waals surface area (Å²) < 4.78 is 21.9. The van der Waals surface area contributed by atoms with Gasteiger partial charge in [-0.3, -0.25) is 4.55 Å². The Labute approximate surface area is 185 Å². The zero-order chi connectivity index (χ0) is 22.0. The van der Waals surface area contributed by atoms with E-state index in [0.717, 1.165) is 17.6 Å². The Balaban J connectivity index is 1.77. The molecule has 5 nitrogen and oxygen atoms in total. The van der Waals surface area contributed by atoms with Crippen LogP contribution in [0.15, 0.2) is 72.9 Å². The first-order valence-corrected chi connectivity index (χ1v) is 11.5. The van der Waals surface area contributed by atoms with Gasteiger partial charge in [0.2, 0.25) is 11.3 Å². The van der Waals surface area contributed by atoms with Crippen LogP contribution in [0.5, 0.6) is 0 Å². The van der Waals surface area contributed by atoms with Gasteiger partial charge in [0, 0.05) is 23.0 Å². The number of hydrogen-bond donors (Lipinski definition) is 3. The number of rotatable bonds is 7. The molecule has 4 rings (SSSR count). The lowest BCUT2D eigenvalue weighted by Crippen LogP contribution is -2.23. The van der Waals surface area contributed by atoms with E-state index in [4.69, 9.17) is 4.55 Å². The van der Waals surface area contributed by atoms with E-state index in [9.17, 15) is 4.21 Å². The molecular formula is C25H27N3O2S. The summed E-state index contributed by atoms with van der Waals surface area (Å²) in [6.07, 6.45) is 3.25. The Kier molecular flexibility index (Phi) is 6.23. The molecule has 3 N–H and O–H groups in total. The van der Waals surface area contributed by atoms with Crippen LogP contribution in [0.4, 0.5) is 5.69 Å². The molecular weight excluding hydrogens is 406 g/mol. The van der Waals surface area contributed by atoms with Gasteiger partial charge < -0.3 is 9.99 Å². The highest BCUT2D eigenvalue weighted by Gasteiger charge is 2.14. The summed E-state index contributed by atoms with van der Waals surface area (Å²) in [7, 11) is 0. The van der Waals surface area contributed by atoms with Crippen LogP contribution in [0.25, 0.3) is 27.7 Å². The summed E-state index contributed by atoms with van der Waals surface area (Å²) in [5, 5.41) is 1.25. The summed E-state index contributed by atoms with van der Waals surface area (Å²) in [5.74, 6) is 0.406. The van der Waals surface area contributed by atoms with Crippen molar-refractivity contribution in [1.29, 1.82) is 0 Å². The fraction of sp³-hybridized carbons (Fsp3) is 0.200. The Morgan fingerprint density at radius 3 is 2.26 bits per heavy atom. The van der Waals surface area contributed by atoms with E-state index in [1.165, 1.54) is 27.6 Å². The lowest BCUT2D eigenvalue weighted by Gasteiger charge is -2.10. The second-order valence-corrected chi connectivity index (χ2v) is 8.62. The van der Waals surface area contributed by atoms with Crippen LogP contribution < -0.4 is 10.3 Å². The molecule has 0 saturated carbocycles. The molecule has 0 bridgehead atoms. The van der Waals surface area contributed by atoms with Gasteiger partial charge in [-0.2, -0.15) is 0 Å². The third kappa shape index (κ3) is 4.56. The SMILES string of the molecule is CCc1ccc(-c2ccc3c(C(C)C)cn(-c4ccc(NNS(=O)O)cc4)c3c2)cc1. The van der Waals surface area contributed by atoms with Crippen molar-refractivity contribution >= 4 is 27.9 Å². The van der Waals surface area contributed by atoms with Crippen LogP contribution in [0, 0.1) is 0 Å². The largest absolute Gasteiger partial charge is 0.316 e. The van der Waals surface area contributed by atoms with Crippen molar-refractivity contribution < 1.29 is 8.76 Å². The normalized spacial score (nSPS) is 12.4. The van der Waals surface area contributed by atoms with Gasteiger partial charge in [-0.05, 0) is 64.9 Å². The molecule has 6 heteroatoms. The molecule has 3 aromatic carbocycles.